The summed E-state index contributed by atoms with van der Waals surface area (Å²) in [7, 11) is -1.81. The van der Waals surface area contributed by atoms with E-state index in [0.717, 1.165) is 25.7 Å². The third-order valence-electron chi connectivity index (χ3n) is 3.07. The van der Waals surface area contributed by atoms with Gasteiger partial charge in [-0.1, -0.05) is 32.6 Å². The van der Waals surface area contributed by atoms with Gasteiger partial charge in [0.15, 0.2) is 9.84 Å². The number of benzene rings is 1. The lowest BCUT2D eigenvalue weighted by Gasteiger charge is -2.09. The largest absolute Gasteiger partial charge is 0.497 e. The fraction of sp³-hybridized carbons (Fsp3) is 0.571. The first-order valence-electron chi connectivity index (χ1n) is 6.67. The number of anilines is 1. The number of nitrogens with two attached hydrogens (primary N) is 1. The van der Waals surface area contributed by atoms with Crippen molar-refractivity contribution < 1.29 is 13.2 Å². The van der Waals surface area contributed by atoms with Gasteiger partial charge in [0, 0.05) is 6.07 Å². The summed E-state index contributed by atoms with van der Waals surface area (Å²) in [5.74, 6) is 0.660. The molecule has 0 heterocycles. The molecule has 0 unspecified atom stereocenters. The maximum absolute atomic E-state index is 12.2. The van der Waals surface area contributed by atoms with Crippen molar-refractivity contribution in [1.82, 2.24) is 0 Å². The van der Waals surface area contributed by atoms with Crippen LogP contribution in [0.3, 0.4) is 0 Å². The van der Waals surface area contributed by atoms with E-state index in [1.54, 1.807) is 12.1 Å². The zero-order valence-electron chi connectivity index (χ0n) is 11.7. The summed E-state index contributed by atoms with van der Waals surface area (Å²) in [6.45, 7) is 2.13. The molecule has 108 valence electrons. The first-order chi connectivity index (χ1) is 9.01. The summed E-state index contributed by atoms with van der Waals surface area (Å²) in [4.78, 5) is 0.183. The molecule has 0 radical (unpaired) electrons. The van der Waals surface area contributed by atoms with E-state index < -0.39 is 9.84 Å². The van der Waals surface area contributed by atoms with Crippen LogP contribution in [0.1, 0.15) is 39.0 Å². The van der Waals surface area contributed by atoms with Crippen molar-refractivity contribution in [1.29, 1.82) is 0 Å². The SMILES string of the molecule is CCCCCCCS(=O)(=O)c1cc(OC)ccc1N. The number of nitrogen functional groups attached to an aromatic ring is 1. The van der Waals surface area contributed by atoms with E-state index in [2.05, 4.69) is 6.92 Å². The van der Waals surface area contributed by atoms with E-state index in [9.17, 15) is 8.42 Å². The Morgan fingerprint density at radius 1 is 1.16 bits per heavy atom. The molecule has 0 spiro atoms. The number of methoxy groups -OCH3 is 1. The van der Waals surface area contributed by atoms with Gasteiger partial charge in [-0.2, -0.15) is 0 Å². The Kier molecular flexibility index (Phi) is 6.15. The zero-order chi connectivity index (χ0) is 14.3. The van der Waals surface area contributed by atoms with E-state index in [-0.39, 0.29) is 16.3 Å². The molecule has 0 saturated carbocycles. The van der Waals surface area contributed by atoms with E-state index in [4.69, 9.17) is 10.5 Å². The lowest BCUT2D eigenvalue weighted by molar-refractivity contribution is 0.413. The first kappa shape index (κ1) is 15.8. The van der Waals surface area contributed by atoms with Crippen LogP contribution in [0.5, 0.6) is 5.75 Å². The monoisotopic (exact) mass is 285 g/mol. The molecule has 0 saturated heterocycles. The third kappa shape index (κ3) is 4.74. The zero-order valence-corrected chi connectivity index (χ0v) is 12.5. The van der Waals surface area contributed by atoms with Crippen LogP contribution in [0.15, 0.2) is 23.1 Å². The summed E-state index contributed by atoms with van der Waals surface area (Å²) < 4.78 is 29.5. The summed E-state index contributed by atoms with van der Waals surface area (Å²) in [5, 5.41) is 0. The Hall–Kier alpha value is -1.23. The molecule has 19 heavy (non-hydrogen) atoms. The molecular weight excluding hydrogens is 262 g/mol. The molecule has 0 amide bonds. The highest BCUT2D eigenvalue weighted by atomic mass is 32.2. The minimum atomic E-state index is -3.32. The van der Waals surface area contributed by atoms with Gasteiger partial charge >= 0.3 is 0 Å². The van der Waals surface area contributed by atoms with Gasteiger partial charge in [0.2, 0.25) is 0 Å². The van der Waals surface area contributed by atoms with Gasteiger partial charge in [0.1, 0.15) is 5.75 Å². The van der Waals surface area contributed by atoms with Crippen LogP contribution in [-0.2, 0) is 9.84 Å². The molecule has 5 heteroatoms. The lowest BCUT2D eigenvalue weighted by atomic mass is 10.2. The molecule has 0 aliphatic carbocycles. The molecule has 0 aliphatic rings. The molecule has 0 aromatic heterocycles. The average Bonchev–Trinajstić information content (AvgIpc) is 2.39. The van der Waals surface area contributed by atoms with Crippen LogP contribution in [0.2, 0.25) is 0 Å². The van der Waals surface area contributed by atoms with Crippen molar-refractivity contribution in [3.8, 4) is 5.75 Å². The lowest BCUT2D eigenvalue weighted by Crippen LogP contribution is -2.09. The second-order valence-electron chi connectivity index (χ2n) is 4.64. The van der Waals surface area contributed by atoms with E-state index in [1.807, 2.05) is 0 Å². The number of hydrogen-bond donors (Lipinski definition) is 1. The van der Waals surface area contributed by atoms with Crippen molar-refractivity contribution in [2.45, 2.75) is 43.9 Å². The molecule has 0 atom stereocenters. The van der Waals surface area contributed by atoms with Crippen LogP contribution in [0.4, 0.5) is 5.69 Å². The molecule has 0 fully saturated rings. The minimum Gasteiger partial charge on any atom is -0.497 e. The fourth-order valence-electron chi connectivity index (χ4n) is 1.92. The maximum atomic E-state index is 12.2. The van der Waals surface area contributed by atoms with Gasteiger partial charge in [-0.3, -0.25) is 0 Å². The Morgan fingerprint density at radius 3 is 2.47 bits per heavy atom. The second kappa shape index (κ2) is 7.38. The Morgan fingerprint density at radius 2 is 1.84 bits per heavy atom. The van der Waals surface area contributed by atoms with Gasteiger partial charge in [0.25, 0.3) is 0 Å². The highest BCUT2D eigenvalue weighted by Gasteiger charge is 2.18. The first-order valence-corrected chi connectivity index (χ1v) is 8.32. The summed E-state index contributed by atoms with van der Waals surface area (Å²) in [6, 6.07) is 4.73. The summed E-state index contributed by atoms with van der Waals surface area (Å²) >= 11 is 0. The smallest absolute Gasteiger partial charge is 0.180 e. The second-order valence-corrected chi connectivity index (χ2v) is 6.71. The van der Waals surface area contributed by atoms with Gasteiger partial charge in [-0.05, 0) is 18.6 Å². The van der Waals surface area contributed by atoms with Crippen molar-refractivity contribution in [2.24, 2.45) is 0 Å². The maximum Gasteiger partial charge on any atom is 0.180 e. The molecular formula is C14H23NO3S. The van der Waals surface area contributed by atoms with Gasteiger partial charge in [-0.15, -0.1) is 0 Å². The fourth-order valence-corrected chi connectivity index (χ4v) is 3.44. The van der Waals surface area contributed by atoms with Gasteiger partial charge in [-0.25, -0.2) is 8.42 Å². The topological polar surface area (TPSA) is 69.4 Å². The number of ether oxygens (including phenoxy) is 1. The predicted octanol–water partition coefficient (Wildman–Crippen LogP) is 3.02. The average molecular weight is 285 g/mol. The van der Waals surface area contributed by atoms with E-state index in [1.165, 1.54) is 13.2 Å². The van der Waals surface area contributed by atoms with Gasteiger partial charge in [0.05, 0.1) is 23.4 Å². The molecule has 1 rings (SSSR count). The highest BCUT2D eigenvalue weighted by Crippen LogP contribution is 2.25. The molecule has 1 aromatic carbocycles. The highest BCUT2D eigenvalue weighted by molar-refractivity contribution is 7.91. The number of rotatable bonds is 8. The summed E-state index contributed by atoms with van der Waals surface area (Å²) in [6.07, 6.45) is 5.01. The Bertz CT molecular complexity index is 497. The molecule has 0 aliphatic heterocycles. The molecule has 2 N–H and O–H groups in total. The van der Waals surface area contributed by atoms with Crippen molar-refractivity contribution in [3.63, 3.8) is 0 Å². The van der Waals surface area contributed by atoms with E-state index >= 15 is 0 Å². The summed E-state index contributed by atoms with van der Waals surface area (Å²) in [5.41, 5.74) is 6.03. The Labute approximate surface area is 115 Å². The molecule has 4 nitrogen and oxygen atoms in total. The predicted molar refractivity (Wildman–Crippen MR) is 78.2 cm³/mol. The number of unbranched alkanes of at least 4 members (excludes halogenated alkanes) is 4. The van der Waals surface area contributed by atoms with E-state index in [0.29, 0.717) is 12.2 Å². The molecule has 1 aromatic rings. The quantitative estimate of drug-likeness (QED) is 0.589. The van der Waals surface area contributed by atoms with Gasteiger partial charge < -0.3 is 10.5 Å². The van der Waals surface area contributed by atoms with Crippen LogP contribution in [-0.4, -0.2) is 21.3 Å². The number of hydrogen-bond acceptors (Lipinski definition) is 4. The standard InChI is InChI=1S/C14H23NO3S/c1-3-4-5-6-7-10-19(16,17)14-11-12(18-2)8-9-13(14)15/h8-9,11H,3-7,10,15H2,1-2H3. The van der Waals surface area contributed by atoms with Crippen LogP contribution >= 0.6 is 0 Å². The molecule has 0 bridgehead atoms. The van der Waals surface area contributed by atoms with Crippen molar-refractivity contribution in [2.75, 3.05) is 18.6 Å². The number of sulfone groups is 1. The normalized spacial score (nSPS) is 11.5. The third-order valence-corrected chi connectivity index (χ3v) is 4.92. The minimum absolute atomic E-state index is 0.147. The van der Waals surface area contributed by atoms with Crippen molar-refractivity contribution in [3.05, 3.63) is 18.2 Å². The Balaban J connectivity index is 2.71. The van der Waals surface area contributed by atoms with Crippen molar-refractivity contribution >= 4 is 15.5 Å². The van der Waals surface area contributed by atoms with Crippen LogP contribution < -0.4 is 10.5 Å². The van der Waals surface area contributed by atoms with Crippen LogP contribution in [0, 0.1) is 0 Å². The van der Waals surface area contributed by atoms with Crippen LogP contribution in [0.25, 0.3) is 0 Å².